The Balaban J connectivity index is 1.34. The number of thiazole rings is 1. The number of hydrogen-bond acceptors (Lipinski definition) is 10. The van der Waals surface area contributed by atoms with Crippen LogP contribution in [-0.2, 0) is 11.3 Å². The highest BCUT2D eigenvalue weighted by Crippen LogP contribution is 2.30. The molecule has 3 aromatic carbocycles. The van der Waals surface area contributed by atoms with Gasteiger partial charge in [-0.2, -0.15) is 0 Å². The quantitative estimate of drug-likeness (QED) is 0.213. The second-order valence-electron chi connectivity index (χ2n) is 8.48. The Morgan fingerprint density at radius 1 is 0.902 bits per heavy atom. The zero-order chi connectivity index (χ0) is 28.8. The van der Waals surface area contributed by atoms with Crippen LogP contribution in [0.4, 0.5) is 5.13 Å². The predicted octanol–water partition coefficient (Wildman–Crippen LogP) is 4.56. The fourth-order valence-electron chi connectivity index (χ4n) is 4.01. The molecule has 0 aliphatic heterocycles. The van der Waals surface area contributed by atoms with Crippen LogP contribution in [0.25, 0.3) is 15.9 Å². The van der Waals surface area contributed by atoms with E-state index < -0.39 is 0 Å². The van der Waals surface area contributed by atoms with Gasteiger partial charge in [-0.15, -0.1) is 10.2 Å². The number of aromatic nitrogens is 4. The van der Waals surface area contributed by atoms with Crippen molar-refractivity contribution in [3.8, 4) is 22.9 Å². The number of para-hydroxylation sites is 3. The summed E-state index contributed by atoms with van der Waals surface area (Å²) in [7, 11) is 4.61. The number of nitrogens with one attached hydrogen (secondary N) is 2. The summed E-state index contributed by atoms with van der Waals surface area (Å²) in [5, 5.41) is 15.4. The van der Waals surface area contributed by atoms with Crippen LogP contribution in [0.5, 0.6) is 17.2 Å². The predicted molar refractivity (Wildman–Crippen MR) is 158 cm³/mol. The number of anilines is 1. The van der Waals surface area contributed by atoms with Crippen LogP contribution >= 0.6 is 23.1 Å². The van der Waals surface area contributed by atoms with Crippen molar-refractivity contribution in [1.82, 2.24) is 25.1 Å². The maximum absolute atomic E-state index is 13.0. The first-order valence-corrected chi connectivity index (χ1v) is 14.2. The highest BCUT2D eigenvalue weighted by Gasteiger charge is 2.20. The zero-order valence-electron chi connectivity index (χ0n) is 22.4. The average molecular weight is 591 g/mol. The lowest BCUT2D eigenvalue weighted by Crippen LogP contribution is -2.25. The maximum atomic E-state index is 13.0. The fourth-order valence-corrected chi connectivity index (χ4v) is 5.66. The first kappa shape index (κ1) is 27.9. The van der Waals surface area contributed by atoms with Crippen molar-refractivity contribution in [2.45, 2.75) is 11.7 Å². The van der Waals surface area contributed by atoms with Gasteiger partial charge in [-0.1, -0.05) is 47.4 Å². The molecule has 2 aromatic heterocycles. The summed E-state index contributed by atoms with van der Waals surface area (Å²) in [5.74, 6) is 1.52. The third kappa shape index (κ3) is 6.26. The molecule has 210 valence electrons. The van der Waals surface area contributed by atoms with Gasteiger partial charge in [-0.05, 0) is 42.5 Å². The number of carbonyl (C=O) groups is 2. The summed E-state index contributed by atoms with van der Waals surface area (Å²) in [5.41, 5.74) is 1.90. The summed E-state index contributed by atoms with van der Waals surface area (Å²) in [6.45, 7) is 0.0662. The van der Waals surface area contributed by atoms with Gasteiger partial charge in [-0.3, -0.25) is 14.2 Å². The van der Waals surface area contributed by atoms with Crippen LogP contribution in [-0.4, -0.2) is 58.6 Å². The number of benzene rings is 3. The topological polar surface area (TPSA) is 129 Å². The van der Waals surface area contributed by atoms with Crippen LogP contribution in [0, 0.1) is 0 Å². The Labute approximate surface area is 243 Å². The zero-order valence-corrected chi connectivity index (χ0v) is 24.0. The highest BCUT2D eigenvalue weighted by atomic mass is 32.2. The Kier molecular flexibility index (Phi) is 8.65. The standard InChI is InChI=1S/C28H26N6O5S2/c1-37-20-10-6-5-9-19(20)34-24(15-29-26(36)17-12-13-21(38-2)22(14-17)39-3)32-33-28(34)40-16-25(35)31-27-30-18-8-4-7-11-23(18)41-27/h4-14H,15-16H2,1-3H3,(H,29,36)(H,30,31,35). The van der Waals surface area contributed by atoms with Gasteiger partial charge in [0, 0.05) is 5.56 Å². The molecule has 0 aliphatic carbocycles. The van der Waals surface area contributed by atoms with Crippen LogP contribution in [0.2, 0.25) is 0 Å². The van der Waals surface area contributed by atoms with Crippen molar-refractivity contribution in [3.05, 3.63) is 78.1 Å². The molecule has 5 aromatic rings. The summed E-state index contributed by atoms with van der Waals surface area (Å²) < 4.78 is 18.9. The molecule has 0 aliphatic rings. The van der Waals surface area contributed by atoms with E-state index in [0.717, 1.165) is 10.2 Å². The molecule has 0 radical (unpaired) electrons. The lowest BCUT2D eigenvalue weighted by Gasteiger charge is -2.14. The van der Waals surface area contributed by atoms with E-state index >= 15 is 0 Å². The molecule has 5 rings (SSSR count). The molecule has 0 saturated heterocycles. The monoisotopic (exact) mass is 590 g/mol. The number of thioether (sulfide) groups is 1. The van der Waals surface area contributed by atoms with E-state index in [1.165, 1.54) is 37.3 Å². The van der Waals surface area contributed by atoms with Gasteiger partial charge in [0.1, 0.15) is 5.75 Å². The first-order chi connectivity index (χ1) is 20.0. The smallest absolute Gasteiger partial charge is 0.251 e. The molecule has 0 atom stereocenters. The molecule has 2 amide bonds. The van der Waals surface area contributed by atoms with Crippen molar-refractivity contribution >= 4 is 50.3 Å². The van der Waals surface area contributed by atoms with Crippen molar-refractivity contribution in [2.24, 2.45) is 0 Å². The summed E-state index contributed by atoms with van der Waals surface area (Å²) in [4.78, 5) is 30.2. The third-order valence-electron chi connectivity index (χ3n) is 5.95. The molecule has 0 saturated carbocycles. The lowest BCUT2D eigenvalue weighted by molar-refractivity contribution is -0.113. The van der Waals surface area contributed by atoms with Gasteiger partial charge in [0.2, 0.25) is 5.91 Å². The molecule has 0 fully saturated rings. The van der Waals surface area contributed by atoms with Gasteiger partial charge in [0.15, 0.2) is 27.6 Å². The van der Waals surface area contributed by atoms with Gasteiger partial charge in [0.25, 0.3) is 5.91 Å². The second kappa shape index (κ2) is 12.7. The molecule has 2 N–H and O–H groups in total. The first-order valence-electron chi connectivity index (χ1n) is 12.4. The Morgan fingerprint density at radius 3 is 2.44 bits per heavy atom. The van der Waals surface area contributed by atoms with Crippen molar-refractivity contribution in [1.29, 1.82) is 0 Å². The van der Waals surface area contributed by atoms with Crippen molar-refractivity contribution < 1.29 is 23.8 Å². The van der Waals surface area contributed by atoms with Crippen LogP contribution in [0.15, 0.2) is 71.9 Å². The number of hydrogen-bond donors (Lipinski definition) is 2. The van der Waals surface area contributed by atoms with Gasteiger partial charge >= 0.3 is 0 Å². The molecule has 41 heavy (non-hydrogen) atoms. The molecular weight excluding hydrogens is 564 g/mol. The van der Waals surface area contributed by atoms with Crippen LogP contribution in [0.1, 0.15) is 16.2 Å². The number of rotatable bonds is 11. The van der Waals surface area contributed by atoms with E-state index in [0.29, 0.717) is 44.6 Å². The van der Waals surface area contributed by atoms with Crippen molar-refractivity contribution in [2.75, 3.05) is 32.4 Å². The Morgan fingerprint density at radius 2 is 1.66 bits per heavy atom. The number of methoxy groups -OCH3 is 3. The molecule has 13 heteroatoms. The van der Waals surface area contributed by atoms with E-state index in [2.05, 4.69) is 25.8 Å². The molecule has 2 heterocycles. The summed E-state index contributed by atoms with van der Waals surface area (Å²) in [6.07, 6.45) is 0. The molecule has 0 bridgehead atoms. The minimum absolute atomic E-state index is 0.0662. The number of ether oxygens (including phenoxy) is 3. The number of nitrogens with zero attached hydrogens (tertiary/aromatic N) is 4. The second-order valence-corrected chi connectivity index (χ2v) is 10.5. The largest absolute Gasteiger partial charge is 0.495 e. The van der Waals surface area contributed by atoms with E-state index in [4.69, 9.17) is 14.2 Å². The Hall–Kier alpha value is -4.62. The van der Waals surface area contributed by atoms with E-state index in [9.17, 15) is 9.59 Å². The lowest BCUT2D eigenvalue weighted by atomic mass is 10.2. The SMILES string of the molecule is COc1ccc(C(=O)NCc2nnc(SCC(=O)Nc3nc4ccccc4s3)n2-c2ccccc2OC)cc1OC. The number of carbonyl (C=O) groups excluding carboxylic acids is 2. The molecule has 0 spiro atoms. The minimum Gasteiger partial charge on any atom is -0.495 e. The highest BCUT2D eigenvalue weighted by molar-refractivity contribution is 7.99. The van der Waals surface area contributed by atoms with E-state index in [1.807, 2.05) is 48.5 Å². The molecular formula is C28H26N6O5S2. The normalized spacial score (nSPS) is 10.8. The van der Waals surface area contributed by atoms with Gasteiger partial charge in [-0.25, -0.2) is 4.98 Å². The van der Waals surface area contributed by atoms with Gasteiger partial charge in [0.05, 0.1) is 49.5 Å². The molecule has 11 nitrogen and oxygen atoms in total. The summed E-state index contributed by atoms with van der Waals surface area (Å²) in [6, 6.07) is 20.0. The van der Waals surface area contributed by atoms with E-state index in [-0.39, 0.29) is 24.1 Å². The maximum Gasteiger partial charge on any atom is 0.251 e. The number of amides is 2. The Bertz CT molecular complexity index is 1670. The van der Waals surface area contributed by atoms with E-state index in [1.54, 1.807) is 29.9 Å². The summed E-state index contributed by atoms with van der Waals surface area (Å²) >= 11 is 2.62. The van der Waals surface area contributed by atoms with Crippen LogP contribution in [0.3, 0.4) is 0 Å². The van der Waals surface area contributed by atoms with Crippen LogP contribution < -0.4 is 24.8 Å². The molecule has 0 unspecified atom stereocenters. The number of fused-ring (bicyclic) bond motifs is 1. The third-order valence-corrected chi connectivity index (χ3v) is 7.83. The van der Waals surface area contributed by atoms with Gasteiger partial charge < -0.3 is 24.8 Å². The minimum atomic E-state index is -0.329. The van der Waals surface area contributed by atoms with Crippen molar-refractivity contribution in [3.63, 3.8) is 0 Å². The average Bonchev–Trinajstić information content (AvgIpc) is 3.61. The fraction of sp³-hybridized carbons (Fsp3) is 0.179.